The molecule has 1 saturated heterocycles. The van der Waals surface area contributed by atoms with Crippen LogP contribution in [0.3, 0.4) is 0 Å². The van der Waals surface area contributed by atoms with E-state index in [4.69, 9.17) is 14.5 Å². The van der Waals surface area contributed by atoms with Gasteiger partial charge in [-0.3, -0.25) is 0 Å². The summed E-state index contributed by atoms with van der Waals surface area (Å²) in [6, 6.07) is 12.2. The van der Waals surface area contributed by atoms with Gasteiger partial charge in [-0.1, -0.05) is 6.08 Å². The van der Waals surface area contributed by atoms with Gasteiger partial charge in [-0.2, -0.15) is 5.26 Å². The zero-order chi connectivity index (χ0) is 31.1. The fraction of sp³-hybridized carbons (Fsp3) is 0.364. The average molecular weight is 581 g/mol. The fourth-order valence-corrected chi connectivity index (χ4v) is 5.32. The zero-order valence-electron chi connectivity index (χ0n) is 26.2. The molecule has 3 heterocycles. The molecule has 2 unspecified atom stereocenters. The molecular formula is C33H40N8O2. The molecule has 0 bridgehead atoms. The van der Waals surface area contributed by atoms with Crippen LogP contribution < -0.4 is 20.3 Å². The van der Waals surface area contributed by atoms with Gasteiger partial charge in [-0.05, 0) is 64.7 Å². The van der Waals surface area contributed by atoms with Gasteiger partial charge in [0, 0.05) is 55.6 Å². The van der Waals surface area contributed by atoms with E-state index in [0.717, 1.165) is 39.9 Å². The van der Waals surface area contributed by atoms with Crippen LogP contribution in [0, 0.1) is 18.3 Å². The molecule has 1 aliphatic rings. The van der Waals surface area contributed by atoms with Crippen molar-refractivity contribution in [3.8, 4) is 23.1 Å². The van der Waals surface area contributed by atoms with E-state index >= 15 is 0 Å². The number of epoxide rings is 1. The minimum atomic E-state index is -0.155. The Labute approximate surface area is 253 Å². The van der Waals surface area contributed by atoms with Crippen molar-refractivity contribution in [2.45, 2.75) is 38.6 Å². The minimum Gasteiger partial charge on any atom is -0.494 e. The summed E-state index contributed by atoms with van der Waals surface area (Å²) in [5, 5.41) is 17.8. The van der Waals surface area contributed by atoms with E-state index in [2.05, 4.69) is 79.1 Å². The molecule has 10 nitrogen and oxygen atoms in total. The molecule has 224 valence electrons. The highest BCUT2D eigenvalue weighted by Crippen LogP contribution is 2.40. The normalized spacial score (nSPS) is 16.2. The summed E-state index contributed by atoms with van der Waals surface area (Å²) in [6.45, 7) is 11.1. The second-order valence-electron chi connectivity index (χ2n) is 11.9. The summed E-state index contributed by atoms with van der Waals surface area (Å²) in [7, 11) is 9.85. The Hall–Kier alpha value is -4.59. The molecule has 43 heavy (non-hydrogen) atoms. The van der Waals surface area contributed by atoms with Gasteiger partial charge in [0.2, 0.25) is 5.95 Å². The summed E-state index contributed by atoms with van der Waals surface area (Å²) in [5.74, 6) is 1.06. The Bertz CT molecular complexity index is 1720. The molecule has 0 radical (unpaired) electrons. The predicted octanol–water partition coefficient (Wildman–Crippen LogP) is 5.67. The Balaban J connectivity index is 1.51. The van der Waals surface area contributed by atoms with E-state index < -0.39 is 0 Å². The van der Waals surface area contributed by atoms with Gasteiger partial charge in [0.05, 0.1) is 40.9 Å². The Kier molecular flexibility index (Phi) is 8.06. The van der Waals surface area contributed by atoms with Gasteiger partial charge in [-0.15, -0.1) is 6.58 Å². The topological polar surface area (TPSA) is 107 Å². The van der Waals surface area contributed by atoms with Crippen molar-refractivity contribution >= 4 is 33.9 Å². The molecule has 2 aromatic heterocycles. The molecule has 0 spiro atoms. The number of nitrogens with zero attached hydrogens (tertiary/aromatic N) is 6. The van der Waals surface area contributed by atoms with Gasteiger partial charge in [0.15, 0.2) is 6.23 Å². The molecule has 1 aliphatic heterocycles. The maximum atomic E-state index is 9.88. The maximum absolute atomic E-state index is 9.88. The first-order valence-electron chi connectivity index (χ1n) is 14.2. The van der Waals surface area contributed by atoms with Gasteiger partial charge in [0.25, 0.3) is 0 Å². The number of aromatic nitrogens is 3. The van der Waals surface area contributed by atoms with Crippen molar-refractivity contribution < 1.29 is 9.47 Å². The van der Waals surface area contributed by atoms with Crippen molar-refractivity contribution in [1.29, 1.82) is 5.26 Å². The van der Waals surface area contributed by atoms with Crippen LogP contribution in [-0.2, 0) is 11.8 Å². The van der Waals surface area contributed by atoms with Crippen LogP contribution in [0.25, 0.3) is 22.2 Å². The summed E-state index contributed by atoms with van der Waals surface area (Å²) in [6.07, 6.45) is 5.34. The van der Waals surface area contributed by atoms with Gasteiger partial charge in [0.1, 0.15) is 17.9 Å². The van der Waals surface area contributed by atoms with Crippen LogP contribution in [0.2, 0.25) is 0 Å². The molecule has 2 atom stereocenters. The van der Waals surface area contributed by atoms with Crippen LogP contribution in [0.4, 0.5) is 23.0 Å². The average Bonchev–Trinajstić information content (AvgIpc) is 3.67. The number of fused-ring (bicyclic) bond motifs is 1. The van der Waals surface area contributed by atoms with E-state index in [9.17, 15) is 5.26 Å². The highest BCUT2D eigenvalue weighted by Gasteiger charge is 2.37. The molecule has 0 saturated carbocycles. The van der Waals surface area contributed by atoms with Crippen molar-refractivity contribution in [2.24, 2.45) is 7.05 Å². The fourth-order valence-electron chi connectivity index (χ4n) is 5.32. The molecule has 0 amide bonds. The Morgan fingerprint density at radius 1 is 1.21 bits per heavy atom. The first-order valence-corrected chi connectivity index (χ1v) is 14.2. The summed E-state index contributed by atoms with van der Waals surface area (Å²) < 4.78 is 13.6. The zero-order valence-corrected chi connectivity index (χ0v) is 26.2. The first-order chi connectivity index (χ1) is 20.4. The van der Waals surface area contributed by atoms with Crippen LogP contribution in [0.5, 0.6) is 5.75 Å². The highest BCUT2D eigenvalue weighted by atomic mass is 16.6. The lowest BCUT2D eigenvalue weighted by molar-refractivity contribution is 0.202. The second-order valence-corrected chi connectivity index (χ2v) is 11.9. The van der Waals surface area contributed by atoms with E-state index in [1.165, 1.54) is 0 Å². The number of anilines is 4. The molecule has 2 aromatic carbocycles. The van der Waals surface area contributed by atoms with Crippen LogP contribution in [0.1, 0.15) is 25.0 Å². The largest absolute Gasteiger partial charge is 0.494 e. The maximum Gasteiger partial charge on any atom is 0.227 e. The third kappa shape index (κ3) is 6.00. The van der Waals surface area contributed by atoms with Crippen molar-refractivity contribution in [3.05, 3.63) is 66.5 Å². The van der Waals surface area contributed by atoms with Gasteiger partial charge in [-0.25, -0.2) is 9.97 Å². The Morgan fingerprint density at radius 3 is 2.63 bits per heavy atom. The number of benzene rings is 2. The van der Waals surface area contributed by atoms with Crippen LogP contribution in [-0.4, -0.2) is 72.1 Å². The molecule has 0 aliphatic carbocycles. The molecular weight excluding hydrogens is 540 g/mol. The SMILES string of the molecule is C=CC1OC1Nc1cc(Nc2nccc(-c3cc(C#N)c4c(c3)c(C)cn4C)n2)c(OC)cc1N(C)CC(C)(C)N(C)C. The molecule has 1 fully saturated rings. The first kappa shape index (κ1) is 29.9. The van der Waals surface area contributed by atoms with Crippen molar-refractivity contribution in [3.63, 3.8) is 0 Å². The highest BCUT2D eigenvalue weighted by molar-refractivity contribution is 5.92. The smallest absolute Gasteiger partial charge is 0.227 e. The molecule has 5 rings (SSSR count). The third-order valence-electron chi connectivity index (χ3n) is 8.21. The number of rotatable bonds is 11. The van der Waals surface area contributed by atoms with Crippen LogP contribution in [0.15, 0.2) is 55.4 Å². The van der Waals surface area contributed by atoms with E-state index in [1.54, 1.807) is 19.4 Å². The Morgan fingerprint density at radius 2 is 1.98 bits per heavy atom. The lowest BCUT2D eigenvalue weighted by Crippen LogP contribution is -2.47. The number of aryl methyl sites for hydroxylation is 2. The standard InChI is InChI=1S/C33H40N8O2/c1-10-28-31(43-28)36-25-15-26(29(42-9)16-27(25)41(8)19-33(3,4)39(5)6)38-32-35-12-11-24(37-32)21-13-22(17-34)30-23(14-21)20(2)18-40(30)7/h10-16,18,28,31,36H,1,19H2,2-9H3,(H,35,37,38). The lowest BCUT2D eigenvalue weighted by atomic mass is 10.0. The van der Waals surface area contributed by atoms with Gasteiger partial charge < -0.3 is 34.5 Å². The quantitative estimate of drug-likeness (QED) is 0.171. The number of hydrogen-bond acceptors (Lipinski definition) is 9. The summed E-state index contributed by atoms with van der Waals surface area (Å²) >= 11 is 0. The molecule has 2 N–H and O–H groups in total. The van der Waals surface area contributed by atoms with E-state index in [-0.39, 0.29) is 17.9 Å². The van der Waals surface area contributed by atoms with Crippen molar-refractivity contribution in [1.82, 2.24) is 19.4 Å². The van der Waals surface area contributed by atoms with Gasteiger partial charge >= 0.3 is 0 Å². The number of nitrogens with one attached hydrogen (secondary N) is 2. The third-order valence-corrected chi connectivity index (χ3v) is 8.21. The monoisotopic (exact) mass is 580 g/mol. The molecule has 4 aromatic rings. The lowest BCUT2D eigenvalue weighted by Gasteiger charge is -2.37. The predicted molar refractivity (Wildman–Crippen MR) is 173 cm³/mol. The summed E-state index contributed by atoms with van der Waals surface area (Å²) in [5.41, 5.74) is 6.66. The number of likely N-dealkylation sites (N-methyl/N-ethyl adjacent to an activating group) is 2. The second kappa shape index (κ2) is 11.6. The van der Waals surface area contributed by atoms with E-state index in [0.29, 0.717) is 28.6 Å². The summed E-state index contributed by atoms with van der Waals surface area (Å²) in [4.78, 5) is 13.7. The number of methoxy groups -OCH3 is 1. The van der Waals surface area contributed by atoms with E-state index in [1.807, 2.05) is 49.0 Å². The number of hydrogen-bond donors (Lipinski definition) is 2. The minimum absolute atomic E-state index is 0.0428. The number of nitriles is 1. The molecule has 10 heteroatoms. The van der Waals surface area contributed by atoms with Crippen LogP contribution >= 0.6 is 0 Å². The van der Waals surface area contributed by atoms with Crippen molar-refractivity contribution in [2.75, 3.05) is 50.3 Å². The number of ether oxygens (including phenoxy) is 2.